The second-order valence-corrected chi connectivity index (χ2v) is 17.5. The number of unbranched alkanes of at least 4 members (excludes halogenated alkanes) is 26. The Morgan fingerprint density at radius 2 is 1.04 bits per heavy atom. The molecular formula is C42H86N2O6P+. The number of carbonyl (C=O) groups is 1. The molecule has 1 amide bonds. The Labute approximate surface area is 316 Å². The fourth-order valence-electron chi connectivity index (χ4n) is 6.28. The highest BCUT2D eigenvalue weighted by Gasteiger charge is 2.27. The Morgan fingerprint density at radius 3 is 1.45 bits per heavy atom. The van der Waals surface area contributed by atoms with Crippen LogP contribution in [0.3, 0.4) is 0 Å². The summed E-state index contributed by atoms with van der Waals surface area (Å²) in [4.78, 5) is 22.9. The molecule has 3 unspecified atom stereocenters. The molecule has 0 radical (unpaired) electrons. The molecule has 0 heterocycles. The molecule has 8 nitrogen and oxygen atoms in total. The first kappa shape index (κ1) is 50.2. The number of amides is 1. The molecule has 0 aliphatic heterocycles. The fourth-order valence-corrected chi connectivity index (χ4v) is 7.01. The van der Waals surface area contributed by atoms with Crippen LogP contribution in [0.5, 0.6) is 0 Å². The summed E-state index contributed by atoms with van der Waals surface area (Å²) in [5.41, 5.74) is 0. The molecule has 3 atom stereocenters. The third kappa shape index (κ3) is 37.4. The van der Waals surface area contributed by atoms with Crippen LogP contribution in [0.25, 0.3) is 0 Å². The van der Waals surface area contributed by atoms with Crippen LogP contribution in [-0.2, 0) is 18.4 Å². The average molecular weight is 746 g/mol. The number of likely N-dealkylation sites (N-methyl/N-ethyl adjacent to an activating group) is 1. The summed E-state index contributed by atoms with van der Waals surface area (Å²) in [6.07, 6.45) is 39.1. The van der Waals surface area contributed by atoms with Gasteiger partial charge in [-0.05, 0) is 19.3 Å². The SMILES string of the molecule is CCCCC/C=C/C(O)C(COP(=O)(O)OCC[N+](C)(C)C)NC(=O)CCCCCCCCCCCCCCCCCCCCCCCCCC. The van der Waals surface area contributed by atoms with Crippen LogP contribution in [0.1, 0.15) is 200 Å². The molecule has 0 aromatic rings. The number of hydrogen-bond acceptors (Lipinski definition) is 5. The lowest BCUT2D eigenvalue weighted by Gasteiger charge is -2.25. The molecule has 3 N–H and O–H groups in total. The van der Waals surface area contributed by atoms with Crippen molar-refractivity contribution in [2.75, 3.05) is 40.9 Å². The van der Waals surface area contributed by atoms with Crippen molar-refractivity contribution < 1.29 is 32.9 Å². The van der Waals surface area contributed by atoms with E-state index in [0.29, 0.717) is 17.4 Å². The number of nitrogens with one attached hydrogen (secondary N) is 1. The molecule has 0 aromatic heterocycles. The van der Waals surface area contributed by atoms with Gasteiger partial charge in [-0.2, -0.15) is 0 Å². The summed E-state index contributed by atoms with van der Waals surface area (Å²) >= 11 is 0. The van der Waals surface area contributed by atoms with E-state index in [1.54, 1.807) is 6.08 Å². The van der Waals surface area contributed by atoms with Crippen molar-refractivity contribution in [1.29, 1.82) is 0 Å². The number of carbonyl (C=O) groups excluding carboxylic acids is 1. The van der Waals surface area contributed by atoms with Crippen LogP contribution < -0.4 is 5.32 Å². The minimum Gasteiger partial charge on any atom is -0.387 e. The molecular weight excluding hydrogens is 659 g/mol. The van der Waals surface area contributed by atoms with E-state index in [2.05, 4.69) is 19.2 Å². The maximum absolute atomic E-state index is 12.7. The van der Waals surface area contributed by atoms with Crippen molar-refractivity contribution in [2.45, 2.75) is 212 Å². The molecule has 0 bridgehead atoms. The number of aliphatic hydroxyl groups excluding tert-OH is 1. The number of allylic oxidation sites excluding steroid dienone is 1. The van der Waals surface area contributed by atoms with Crippen LogP contribution in [0.4, 0.5) is 0 Å². The lowest BCUT2D eigenvalue weighted by atomic mass is 10.0. The molecule has 0 saturated heterocycles. The Hall–Kier alpha value is -0.760. The predicted molar refractivity (Wildman–Crippen MR) is 217 cm³/mol. The molecule has 9 heteroatoms. The van der Waals surface area contributed by atoms with Crippen molar-refractivity contribution in [1.82, 2.24) is 5.32 Å². The molecule has 0 saturated carbocycles. The van der Waals surface area contributed by atoms with Gasteiger partial charge in [-0.3, -0.25) is 13.8 Å². The van der Waals surface area contributed by atoms with E-state index in [1.807, 2.05) is 27.2 Å². The highest BCUT2D eigenvalue weighted by molar-refractivity contribution is 7.47. The molecule has 0 aromatic carbocycles. The van der Waals surface area contributed by atoms with Crippen LogP contribution in [0, 0.1) is 0 Å². The van der Waals surface area contributed by atoms with Gasteiger partial charge in [0, 0.05) is 6.42 Å². The summed E-state index contributed by atoms with van der Waals surface area (Å²) < 4.78 is 23.3. The smallest absolute Gasteiger partial charge is 0.387 e. The lowest BCUT2D eigenvalue weighted by Crippen LogP contribution is -2.45. The Morgan fingerprint density at radius 1 is 0.647 bits per heavy atom. The first-order valence-electron chi connectivity index (χ1n) is 21.6. The minimum absolute atomic E-state index is 0.0632. The summed E-state index contributed by atoms with van der Waals surface area (Å²) in [5.74, 6) is -0.181. The van der Waals surface area contributed by atoms with Gasteiger partial charge in [-0.15, -0.1) is 0 Å². The van der Waals surface area contributed by atoms with E-state index in [9.17, 15) is 19.4 Å². The quantitative estimate of drug-likeness (QED) is 0.0250. The summed E-state index contributed by atoms with van der Waals surface area (Å²) in [7, 11) is 1.57. The van der Waals surface area contributed by atoms with Gasteiger partial charge < -0.3 is 19.8 Å². The maximum Gasteiger partial charge on any atom is 0.472 e. The lowest BCUT2D eigenvalue weighted by molar-refractivity contribution is -0.870. The zero-order valence-electron chi connectivity index (χ0n) is 34.4. The van der Waals surface area contributed by atoms with Gasteiger partial charge in [0.1, 0.15) is 13.2 Å². The molecule has 0 rings (SSSR count). The third-order valence-electron chi connectivity index (χ3n) is 9.76. The van der Waals surface area contributed by atoms with Crippen molar-refractivity contribution in [2.24, 2.45) is 0 Å². The number of rotatable bonds is 39. The summed E-state index contributed by atoms with van der Waals surface area (Å²) in [6, 6.07) is -0.836. The highest BCUT2D eigenvalue weighted by Crippen LogP contribution is 2.43. The molecule has 0 aliphatic rings. The highest BCUT2D eigenvalue weighted by atomic mass is 31.2. The standard InChI is InChI=1S/C42H85N2O6P/c1-6-8-10-12-13-14-15-16-17-18-19-20-21-22-23-24-25-26-27-28-29-30-32-34-36-42(46)43-40(41(45)35-33-31-11-9-7-2)39-50-51(47,48)49-38-37-44(3,4)5/h33,35,40-41,45H,6-32,34,36-39H2,1-5H3,(H-,43,46,47,48)/p+1/b35-33+. The fraction of sp³-hybridized carbons (Fsp3) is 0.929. The molecule has 0 aliphatic carbocycles. The van der Waals surface area contributed by atoms with E-state index in [1.165, 1.54) is 135 Å². The predicted octanol–water partition coefficient (Wildman–Crippen LogP) is 11.6. The van der Waals surface area contributed by atoms with E-state index in [4.69, 9.17) is 9.05 Å². The van der Waals surface area contributed by atoms with E-state index in [0.717, 1.165) is 44.9 Å². The van der Waals surface area contributed by atoms with E-state index in [-0.39, 0.29) is 19.1 Å². The first-order chi connectivity index (χ1) is 24.5. The molecule has 0 spiro atoms. The largest absolute Gasteiger partial charge is 0.472 e. The van der Waals surface area contributed by atoms with E-state index < -0.39 is 20.0 Å². The van der Waals surface area contributed by atoms with Crippen molar-refractivity contribution in [3.63, 3.8) is 0 Å². The number of phosphoric acid groups is 1. The number of hydrogen-bond donors (Lipinski definition) is 3. The van der Waals surface area contributed by atoms with Crippen LogP contribution in [0.2, 0.25) is 0 Å². The maximum atomic E-state index is 12.7. The number of aliphatic hydroxyl groups is 1. The topological polar surface area (TPSA) is 105 Å². The number of nitrogens with zero attached hydrogens (tertiary/aromatic N) is 1. The minimum atomic E-state index is -4.31. The molecule has 304 valence electrons. The third-order valence-corrected chi connectivity index (χ3v) is 10.7. The first-order valence-corrected chi connectivity index (χ1v) is 23.1. The van der Waals surface area contributed by atoms with Crippen LogP contribution in [-0.4, -0.2) is 73.4 Å². The Kier molecular flexibility index (Phi) is 34.5. The van der Waals surface area contributed by atoms with Gasteiger partial charge >= 0.3 is 7.82 Å². The average Bonchev–Trinajstić information content (AvgIpc) is 3.07. The molecule has 51 heavy (non-hydrogen) atoms. The summed E-state index contributed by atoms with van der Waals surface area (Å²) in [5, 5.41) is 13.6. The van der Waals surface area contributed by atoms with Crippen molar-refractivity contribution >= 4 is 13.7 Å². The number of phosphoric ester groups is 1. The Balaban J connectivity index is 3.97. The normalized spacial score (nSPS) is 14.6. The van der Waals surface area contributed by atoms with Gasteiger partial charge in [0.25, 0.3) is 0 Å². The van der Waals surface area contributed by atoms with Crippen molar-refractivity contribution in [3.05, 3.63) is 12.2 Å². The molecule has 0 fully saturated rings. The second kappa shape index (κ2) is 35.0. The van der Waals surface area contributed by atoms with Crippen molar-refractivity contribution in [3.8, 4) is 0 Å². The van der Waals surface area contributed by atoms with Gasteiger partial charge in [0.05, 0.1) is 39.9 Å². The number of quaternary nitrogens is 1. The van der Waals surface area contributed by atoms with Gasteiger partial charge in [-0.25, -0.2) is 4.57 Å². The zero-order chi connectivity index (χ0) is 37.9. The second-order valence-electron chi connectivity index (χ2n) is 16.1. The van der Waals surface area contributed by atoms with Gasteiger partial charge in [0.2, 0.25) is 5.91 Å². The monoisotopic (exact) mass is 746 g/mol. The van der Waals surface area contributed by atoms with Crippen LogP contribution >= 0.6 is 7.82 Å². The van der Waals surface area contributed by atoms with Gasteiger partial charge in [-0.1, -0.05) is 187 Å². The Bertz CT molecular complexity index is 850. The van der Waals surface area contributed by atoms with Gasteiger partial charge in [0.15, 0.2) is 0 Å². The zero-order valence-corrected chi connectivity index (χ0v) is 35.3. The van der Waals surface area contributed by atoms with Crippen LogP contribution in [0.15, 0.2) is 12.2 Å². The summed E-state index contributed by atoms with van der Waals surface area (Å²) in [6.45, 7) is 4.71. The van der Waals surface area contributed by atoms with E-state index >= 15 is 0 Å².